The van der Waals surface area contributed by atoms with Crippen molar-refractivity contribution in [2.45, 2.75) is 0 Å². The van der Waals surface area contributed by atoms with Gasteiger partial charge in [0.2, 0.25) is 0 Å². The van der Waals surface area contributed by atoms with Crippen molar-refractivity contribution < 1.29 is 0 Å². The van der Waals surface area contributed by atoms with E-state index in [9.17, 15) is 0 Å². The fourth-order valence-electron chi connectivity index (χ4n) is 7.51. The molecule has 0 amide bonds. The summed E-state index contributed by atoms with van der Waals surface area (Å²) < 4.78 is 2.29. The molecule has 10 rings (SSSR count). The quantitative estimate of drug-likeness (QED) is 0.166. The molecule has 0 saturated heterocycles. The molecule has 0 radical (unpaired) electrons. The van der Waals surface area contributed by atoms with Gasteiger partial charge in [-0.05, 0) is 75.8 Å². The maximum atomic E-state index is 5.03. The minimum atomic E-state index is 0.692. The normalized spacial score (nSPS) is 11.3. The van der Waals surface area contributed by atoms with Gasteiger partial charge in [0.25, 0.3) is 0 Å². The van der Waals surface area contributed by atoms with Gasteiger partial charge in [0.1, 0.15) is 5.82 Å². The second kappa shape index (κ2) is 13.8. The van der Waals surface area contributed by atoms with E-state index in [0.717, 1.165) is 56.1 Å². The third-order valence-electron chi connectivity index (χ3n) is 10.3. The number of hydrogen-bond acceptors (Lipinski definition) is 3. The first-order valence-electron chi connectivity index (χ1n) is 18.5. The Labute approximate surface area is 319 Å². The van der Waals surface area contributed by atoms with Gasteiger partial charge in [-0.15, -0.1) is 0 Å². The number of fused-ring (bicyclic) bond motifs is 3. The Kier molecular flexibility index (Phi) is 8.12. The van der Waals surface area contributed by atoms with Crippen LogP contribution in [0.4, 0.5) is 0 Å². The second-order valence-corrected chi connectivity index (χ2v) is 13.7. The van der Waals surface area contributed by atoms with Crippen molar-refractivity contribution in [3.63, 3.8) is 0 Å². The Morgan fingerprint density at radius 3 is 1.20 bits per heavy atom. The lowest BCUT2D eigenvalue weighted by Gasteiger charge is -2.11. The monoisotopic (exact) mass is 702 g/mol. The Morgan fingerprint density at radius 2 is 0.709 bits per heavy atom. The summed E-state index contributed by atoms with van der Waals surface area (Å²) in [6, 6.07) is 70.1. The maximum absolute atomic E-state index is 5.03. The van der Waals surface area contributed by atoms with E-state index in [1.165, 1.54) is 33.0 Å². The molecule has 10 aromatic rings. The second-order valence-electron chi connectivity index (χ2n) is 13.7. The number of hydrogen-bond donors (Lipinski definition) is 0. The highest BCUT2D eigenvalue weighted by Gasteiger charge is 2.17. The van der Waals surface area contributed by atoms with Crippen molar-refractivity contribution in [2.24, 2.45) is 0 Å². The largest absolute Gasteiger partial charge is 0.294 e. The van der Waals surface area contributed by atoms with Crippen molar-refractivity contribution in [1.29, 1.82) is 0 Å². The van der Waals surface area contributed by atoms with Crippen molar-refractivity contribution in [2.75, 3.05) is 0 Å². The summed E-state index contributed by atoms with van der Waals surface area (Å²) in [5.41, 5.74) is 14.0. The Hall–Kier alpha value is -7.43. The van der Waals surface area contributed by atoms with E-state index < -0.39 is 0 Å². The molecule has 7 aromatic carbocycles. The molecule has 0 N–H and O–H groups in total. The molecule has 0 atom stereocenters. The maximum Gasteiger partial charge on any atom is 0.160 e. The van der Waals surface area contributed by atoms with Gasteiger partial charge in [-0.3, -0.25) is 4.57 Å². The molecule has 0 fully saturated rings. The third kappa shape index (κ3) is 6.16. The minimum absolute atomic E-state index is 0.692. The van der Waals surface area contributed by atoms with Crippen molar-refractivity contribution in [3.8, 4) is 73.1 Å². The minimum Gasteiger partial charge on any atom is -0.294 e. The van der Waals surface area contributed by atoms with Crippen LogP contribution in [0.2, 0.25) is 0 Å². The van der Waals surface area contributed by atoms with Crippen LogP contribution in [0, 0.1) is 0 Å². The number of nitrogens with zero attached hydrogens (tertiary/aromatic N) is 4. The van der Waals surface area contributed by atoms with Crippen LogP contribution >= 0.6 is 0 Å². The van der Waals surface area contributed by atoms with Crippen LogP contribution in [0.3, 0.4) is 0 Å². The fraction of sp³-hybridized carbons (Fsp3) is 0. The molecule has 258 valence electrons. The summed E-state index contributed by atoms with van der Waals surface area (Å²) in [6.45, 7) is 0. The summed E-state index contributed by atoms with van der Waals surface area (Å²) in [4.78, 5) is 15.0. The van der Waals surface area contributed by atoms with E-state index in [2.05, 4.69) is 168 Å². The van der Waals surface area contributed by atoms with Crippen LogP contribution in [0.1, 0.15) is 0 Å². The highest BCUT2D eigenvalue weighted by Crippen LogP contribution is 2.38. The summed E-state index contributed by atoms with van der Waals surface area (Å²) in [6.07, 6.45) is 1.91. The molecule has 55 heavy (non-hydrogen) atoms. The van der Waals surface area contributed by atoms with Gasteiger partial charge < -0.3 is 0 Å². The molecule has 3 heterocycles. The lowest BCUT2D eigenvalue weighted by molar-refractivity contribution is 1.08. The molecule has 3 aromatic heterocycles. The van der Waals surface area contributed by atoms with Crippen LogP contribution in [0.25, 0.3) is 94.9 Å². The average Bonchev–Trinajstić information content (AvgIpc) is 3.60. The van der Waals surface area contributed by atoms with Crippen molar-refractivity contribution in [1.82, 2.24) is 19.5 Å². The predicted molar refractivity (Wildman–Crippen MR) is 227 cm³/mol. The lowest BCUT2D eigenvalue weighted by atomic mass is 10.0. The zero-order chi connectivity index (χ0) is 36.6. The zero-order valence-corrected chi connectivity index (χ0v) is 29.9. The number of benzene rings is 7. The first-order chi connectivity index (χ1) is 27.2. The molecular weight excluding hydrogens is 669 g/mol. The van der Waals surface area contributed by atoms with Crippen LogP contribution in [0.5, 0.6) is 0 Å². The van der Waals surface area contributed by atoms with Crippen molar-refractivity contribution >= 4 is 21.8 Å². The molecule has 0 aliphatic heterocycles. The number of rotatable bonds is 7. The first-order valence-corrected chi connectivity index (χ1v) is 18.5. The highest BCUT2D eigenvalue weighted by molar-refractivity contribution is 6.11. The van der Waals surface area contributed by atoms with Crippen molar-refractivity contribution in [3.05, 3.63) is 206 Å². The Morgan fingerprint density at radius 1 is 0.309 bits per heavy atom. The summed E-state index contributed by atoms with van der Waals surface area (Å²) in [7, 11) is 0. The summed E-state index contributed by atoms with van der Waals surface area (Å²) in [5.74, 6) is 1.56. The Balaban J connectivity index is 1.06. The molecule has 0 aliphatic carbocycles. The smallest absolute Gasteiger partial charge is 0.160 e. The summed E-state index contributed by atoms with van der Waals surface area (Å²) in [5, 5.41) is 2.39. The van der Waals surface area contributed by atoms with Crippen LogP contribution in [0.15, 0.2) is 206 Å². The van der Waals surface area contributed by atoms with Crippen LogP contribution in [-0.2, 0) is 0 Å². The van der Waals surface area contributed by atoms with Gasteiger partial charge in [-0.25, -0.2) is 15.0 Å². The van der Waals surface area contributed by atoms with E-state index in [4.69, 9.17) is 15.0 Å². The molecule has 0 aliphatic rings. The third-order valence-corrected chi connectivity index (χ3v) is 10.3. The topological polar surface area (TPSA) is 43.6 Å². The van der Waals surface area contributed by atoms with E-state index >= 15 is 0 Å². The molecule has 4 heteroatoms. The van der Waals surface area contributed by atoms with E-state index in [0.29, 0.717) is 5.82 Å². The zero-order valence-electron chi connectivity index (χ0n) is 29.9. The molecule has 0 spiro atoms. The van der Waals surface area contributed by atoms with E-state index in [1.807, 2.05) is 42.6 Å². The SMILES string of the molecule is c1ccc(-c2ccc3c(c2)c2cc(-c4ccccc4)ccc2n3-c2cc(-c3ccc(-c4nc(-c5ccccc5)cc(-c5ccccc5)n4)cc3)ccn2)cc1. The van der Waals surface area contributed by atoms with Gasteiger partial charge >= 0.3 is 0 Å². The first kappa shape index (κ1) is 32.2. The summed E-state index contributed by atoms with van der Waals surface area (Å²) >= 11 is 0. The predicted octanol–water partition coefficient (Wildman–Crippen LogP) is 13.0. The van der Waals surface area contributed by atoms with Gasteiger partial charge in [0.15, 0.2) is 5.82 Å². The molecule has 0 saturated carbocycles. The van der Waals surface area contributed by atoms with Gasteiger partial charge in [-0.1, -0.05) is 158 Å². The number of pyridine rings is 1. The fourth-order valence-corrected chi connectivity index (χ4v) is 7.51. The average molecular weight is 703 g/mol. The van der Waals surface area contributed by atoms with Gasteiger partial charge in [0, 0.05) is 33.7 Å². The van der Waals surface area contributed by atoms with Crippen LogP contribution < -0.4 is 0 Å². The molecular formula is C51H34N4. The van der Waals surface area contributed by atoms with Gasteiger partial charge in [0.05, 0.1) is 22.4 Å². The standard InChI is InChI=1S/C51H34N4/c1-5-13-35(14-6-1)41-25-27-48-44(31-41)45-32-42(36-15-7-2-8-16-36)26-28-49(45)55(48)50-33-43(29-30-52-50)37-21-23-40(24-22-37)51-53-46(38-17-9-3-10-18-38)34-47(54-51)39-19-11-4-12-20-39/h1-34H. The molecule has 0 bridgehead atoms. The number of aromatic nitrogens is 4. The van der Waals surface area contributed by atoms with Gasteiger partial charge in [-0.2, -0.15) is 0 Å². The molecule has 0 unspecified atom stereocenters. The Bertz CT molecular complexity index is 2780. The van der Waals surface area contributed by atoms with E-state index in [-0.39, 0.29) is 0 Å². The van der Waals surface area contributed by atoms with E-state index in [1.54, 1.807) is 0 Å². The highest BCUT2D eigenvalue weighted by atomic mass is 15.1. The van der Waals surface area contributed by atoms with Crippen LogP contribution in [-0.4, -0.2) is 19.5 Å². The molecule has 4 nitrogen and oxygen atoms in total. The lowest BCUT2D eigenvalue weighted by Crippen LogP contribution is -1.98.